The van der Waals surface area contributed by atoms with E-state index >= 15 is 0 Å². The molecule has 1 aromatic carbocycles. The molecule has 0 unspecified atom stereocenters. The minimum absolute atomic E-state index is 0.105. The molecule has 1 amide bonds. The molecule has 0 aromatic heterocycles. The maximum absolute atomic E-state index is 13.0. The lowest BCUT2D eigenvalue weighted by molar-refractivity contribution is -0.128. The normalized spacial score (nSPS) is 28.6. The molecule has 3 fully saturated rings. The van der Waals surface area contributed by atoms with Gasteiger partial charge in [-0.3, -0.25) is 4.79 Å². The van der Waals surface area contributed by atoms with Crippen LogP contribution in [0.3, 0.4) is 0 Å². The number of benzene rings is 1. The number of amides is 1. The molecule has 160 valence electrons. The zero-order valence-corrected chi connectivity index (χ0v) is 17.7. The van der Waals surface area contributed by atoms with E-state index in [1.807, 2.05) is 0 Å². The first-order valence-corrected chi connectivity index (χ1v) is 11.6. The number of carbonyl (C=O) groups excluding carboxylic acids is 1. The fraction of sp³-hybridized carbons (Fsp3) is 0.708. The first-order valence-electron chi connectivity index (χ1n) is 11.6. The highest BCUT2D eigenvalue weighted by atomic mass is 16.5. The van der Waals surface area contributed by atoms with Gasteiger partial charge in [0.2, 0.25) is 5.91 Å². The Bertz CT molecular complexity index is 626. The van der Waals surface area contributed by atoms with Crippen LogP contribution in [0.15, 0.2) is 30.3 Å². The van der Waals surface area contributed by atoms with Crippen LogP contribution in [0.4, 0.5) is 0 Å². The Morgan fingerprint density at radius 3 is 2.66 bits per heavy atom. The van der Waals surface area contributed by atoms with Crippen LogP contribution in [0.1, 0.15) is 37.7 Å². The number of piperidine rings is 1. The second-order valence-corrected chi connectivity index (χ2v) is 9.18. The third-order valence-corrected chi connectivity index (χ3v) is 6.79. The molecule has 0 saturated carbocycles. The molecule has 3 aliphatic heterocycles. The van der Waals surface area contributed by atoms with Crippen molar-refractivity contribution in [1.29, 1.82) is 0 Å². The third kappa shape index (κ3) is 6.27. The monoisotopic (exact) mass is 399 g/mol. The zero-order chi connectivity index (χ0) is 19.9. The van der Waals surface area contributed by atoms with E-state index in [0.29, 0.717) is 12.5 Å². The largest absolute Gasteiger partial charge is 0.376 e. The minimum atomic E-state index is 0.105. The molecule has 0 radical (unpaired) electrons. The quantitative estimate of drug-likeness (QED) is 0.730. The molecule has 29 heavy (non-hydrogen) atoms. The Morgan fingerprint density at radius 2 is 1.90 bits per heavy atom. The number of rotatable bonds is 8. The summed E-state index contributed by atoms with van der Waals surface area (Å²) in [6, 6.07) is 10.7. The summed E-state index contributed by atoms with van der Waals surface area (Å²) < 4.78 is 5.68. The van der Waals surface area contributed by atoms with Gasteiger partial charge in [0.1, 0.15) is 0 Å². The zero-order valence-electron chi connectivity index (χ0n) is 17.7. The third-order valence-electron chi connectivity index (χ3n) is 6.79. The first-order chi connectivity index (χ1) is 14.3. The number of nitrogens with one attached hydrogen (secondary N) is 1. The molecule has 0 spiro atoms. The van der Waals surface area contributed by atoms with Crippen molar-refractivity contribution in [2.45, 2.75) is 44.6 Å². The van der Waals surface area contributed by atoms with Gasteiger partial charge in [-0.25, -0.2) is 0 Å². The molecule has 4 rings (SSSR count). The van der Waals surface area contributed by atoms with Crippen LogP contribution >= 0.6 is 0 Å². The Kier molecular flexibility index (Phi) is 7.58. The Morgan fingerprint density at radius 1 is 1.07 bits per heavy atom. The van der Waals surface area contributed by atoms with Gasteiger partial charge in [0.05, 0.1) is 12.0 Å². The molecule has 3 heterocycles. The summed E-state index contributed by atoms with van der Waals surface area (Å²) in [6.45, 7) is 8.19. The summed E-state index contributed by atoms with van der Waals surface area (Å²) in [6.07, 6.45) is 7.15. The van der Waals surface area contributed by atoms with Crippen molar-refractivity contribution in [2.24, 2.45) is 11.8 Å². The van der Waals surface area contributed by atoms with Gasteiger partial charge >= 0.3 is 0 Å². The van der Waals surface area contributed by atoms with Crippen LogP contribution < -0.4 is 5.32 Å². The van der Waals surface area contributed by atoms with Crippen molar-refractivity contribution < 1.29 is 9.53 Å². The lowest BCUT2D eigenvalue weighted by Gasteiger charge is -2.38. The van der Waals surface area contributed by atoms with Gasteiger partial charge in [-0.15, -0.1) is 0 Å². The van der Waals surface area contributed by atoms with E-state index in [2.05, 4.69) is 45.4 Å². The molecule has 1 aromatic rings. The molecule has 0 aliphatic carbocycles. The maximum Gasteiger partial charge on any atom is 0.224 e. The highest BCUT2D eigenvalue weighted by molar-refractivity contribution is 5.79. The van der Waals surface area contributed by atoms with Crippen LogP contribution in [0.5, 0.6) is 0 Å². The minimum Gasteiger partial charge on any atom is -0.376 e. The molecular weight excluding hydrogens is 362 g/mol. The van der Waals surface area contributed by atoms with E-state index in [9.17, 15) is 4.79 Å². The Labute approximate surface area is 175 Å². The van der Waals surface area contributed by atoms with E-state index in [-0.39, 0.29) is 17.9 Å². The van der Waals surface area contributed by atoms with Gasteiger partial charge in [-0.05, 0) is 63.1 Å². The van der Waals surface area contributed by atoms with Gasteiger partial charge in [0, 0.05) is 39.3 Å². The van der Waals surface area contributed by atoms with Crippen molar-refractivity contribution in [1.82, 2.24) is 15.1 Å². The lowest BCUT2D eigenvalue weighted by atomic mass is 9.87. The Balaban J connectivity index is 1.32. The number of nitrogens with zero attached hydrogens (tertiary/aromatic N) is 2. The van der Waals surface area contributed by atoms with Gasteiger partial charge in [0.25, 0.3) is 0 Å². The summed E-state index contributed by atoms with van der Waals surface area (Å²) in [5.41, 5.74) is 1.38. The summed E-state index contributed by atoms with van der Waals surface area (Å²) in [7, 11) is 0. The highest BCUT2D eigenvalue weighted by Gasteiger charge is 2.33. The average molecular weight is 400 g/mol. The van der Waals surface area contributed by atoms with E-state index in [1.54, 1.807) is 0 Å². The SMILES string of the molecule is O=C(NC[C@@H]1CCCO1)[C@@H]1C[C@H](CN2CCCC2)CN(CCc2ccccc2)C1. The second kappa shape index (κ2) is 10.6. The second-order valence-electron chi connectivity index (χ2n) is 9.18. The smallest absolute Gasteiger partial charge is 0.224 e. The van der Waals surface area contributed by atoms with Crippen molar-refractivity contribution in [2.75, 3.05) is 52.4 Å². The van der Waals surface area contributed by atoms with Crippen LogP contribution in [0.2, 0.25) is 0 Å². The summed E-state index contributed by atoms with van der Waals surface area (Å²) >= 11 is 0. The predicted molar refractivity (Wildman–Crippen MR) is 116 cm³/mol. The van der Waals surface area contributed by atoms with Gasteiger partial charge in [-0.1, -0.05) is 30.3 Å². The number of hydrogen-bond donors (Lipinski definition) is 1. The topological polar surface area (TPSA) is 44.8 Å². The van der Waals surface area contributed by atoms with Crippen LogP contribution in [0, 0.1) is 11.8 Å². The lowest BCUT2D eigenvalue weighted by Crippen LogP contribution is -2.49. The van der Waals surface area contributed by atoms with E-state index < -0.39 is 0 Å². The molecule has 3 atom stereocenters. The fourth-order valence-corrected chi connectivity index (χ4v) is 5.23. The summed E-state index contributed by atoms with van der Waals surface area (Å²) in [5.74, 6) is 0.931. The Hall–Kier alpha value is -1.43. The number of carbonyl (C=O) groups is 1. The van der Waals surface area contributed by atoms with Crippen molar-refractivity contribution in [3.63, 3.8) is 0 Å². The van der Waals surface area contributed by atoms with Gasteiger partial charge < -0.3 is 19.9 Å². The van der Waals surface area contributed by atoms with Crippen LogP contribution in [0.25, 0.3) is 0 Å². The predicted octanol–water partition coefficient (Wildman–Crippen LogP) is 2.56. The average Bonchev–Trinajstić information content (AvgIpc) is 3.45. The maximum atomic E-state index is 13.0. The number of ether oxygens (including phenoxy) is 1. The molecule has 5 nitrogen and oxygen atoms in total. The van der Waals surface area contributed by atoms with E-state index in [4.69, 9.17) is 4.74 Å². The molecule has 3 saturated heterocycles. The van der Waals surface area contributed by atoms with Crippen molar-refractivity contribution >= 4 is 5.91 Å². The number of likely N-dealkylation sites (tertiary alicyclic amines) is 2. The van der Waals surface area contributed by atoms with Crippen molar-refractivity contribution in [3.05, 3.63) is 35.9 Å². The first kappa shape index (κ1) is 20.8. The van der Waals surface area contributed by atoms with Gasteiger partial charge in [0.15, 0.2) is 0 Å². The number of hydrogen-bond acceptors (Lipinski definition) is 4. The molecular formula is C24H37N3O2. The molecule has 5 heteroatoms. The summed E-state index contributed by atoms with van der Waals surface area (Å²) in [4.78, 5) is 18.1. The van der Waals surface area contributed by atoms with Crippen molar-refractivity contribution in [3.8, 4) is 0 Å². The van der Waals surface area contributed by atoms with Crippen LogP contribution in [-0.4, -0.2) is 74.2 Å². The molecule has 0 bridgehead atoms. The van der Waals surface area contributed by atoms with E-state index in [0.717, 1.165) is 58.5 Å². The van der Waals surface area contributed by atoms with Crippen LogP contribution in [-0.2, 0) is 16.0 Å². The highest BCUT2D eigenvalue weighted by Crippen LogP contribution is 2.25. The summed E-state index contributed by atoms with van der Waals surface area (Å²) in [5, 5.41) is 3.20. The van der Waals surface area contributed by atoms with E-state index in [1.165, 1.54) is 31.5 Å². The fourth-order valence-electron chi connectivity index (χ4n) is 5.23. The molecule has 3 aliphatic rings. The standard InChI is InChI=1S/C24H37N3O2/c28-24(25-16-23-9-6-14-29-23)22-15-21(17-26-11-4-5-12-26)18-27(19-22)13-10-20-7-2-1-3-8-20/h1-3,7-8,21-23H,4-6,9-19H2,(H,25,28)/t21-,22-,23+/m1/s1. The van der Waals surface area contributed by atoms with Gasteiger partial charge in [-0.2, -0.15) is 0 Å². The molecule has 1 N–H and O–H groups in total.